The molecule has 1 atom stereocenters. The van der Waals surface area contributed by atoms with Crippen molar-refractivity contribution in [3.63, 3.8) is 0 Å². The quantitative estimate of drug-likeness (QED) is 0.551. The van der Waals surface area contributed by atoms with E-state index < -0.39 is 0 Å². The average molecular weight is 402 g/mol. The normalized spacial score (nSPS) is 17.3. The van der Waals surface area contributed by atoms with Crippen molar-refractivity contribution in [1.82, 2.24) is 20.5 Å². The third-order valence-electron chi connectivity index (χ3n) is 5.31. The van der Waals surface area contributed by atoms with E-state index in [9.17, 15) is 0 Å². The van der Waals surface area contributed by atoms with Crippen LogP contribution in [-0.4, -0.2) is 49.6 Å². The maximum atomic E-state index is 5.33. The topological polar surface area (TPSA) is 61.8 Å². The number of aliphatic imine (C=N–C) groups is 1. The van der Waals surface area contributed by atoms with Gasteiger partial charge in [0.2, 0.25) is 5.88 Å². The average Bonchev–Trinajstić information content (AvgIpc) is 3.26. The molecular formula is C21H31N5OS. The highest BCUT2D eigenvalue weighted by Gasteiger charge is 2.25. The second-order valence-corrected chi connectivity index (χ2v) is 8.21. The fourth-order valence-corrected chi connectivity index (χ4v) is 4.43. The number of rotatable bonds is 7. The molecule has 7 heteroatoms. The number of likely N-dealkylation sites (tertiary alicyclic amines) is 1. The Morgan fingerprint density at radius 3 is 2.82 bits per heavy atom. The molecule has 28 heavy (non-hydrogen) atoms. The molecule has 0 amide bonds. The van der Waals surface area contributed by atoms with Crippen LogP contribution in [0.5, 0.6) is 5.88 Å². The third-order valence-corrected chi connectivity index (χ3v) is 6.28. The zero-order chi connectivity index (χ0) is 19.8. The fraction of sp³-hybridized carbons (Fsp3) is 0.524. The molecule has 1 saturated heterocycles. The molecular weight excluding hydrogens is 370 g/mol. The molecule has 1 fully saturated rings. The zero-order valence-electron chi connectivity index (χ0n) is 17.0. The van der Waals surface area contributed by atoms with E-state index in [2.05, 4.69) is 49.9 Å². The van der Waals surface area contributed by atoms with Gasteiger partial charge >= 0.3 is 0 Å². The van der Waals surface area contributed by atoms with Crippen molar-refractivity contribution in [1.29, 1.82) is 0 Å². The van der Waals surface area contributed by atoms with E-state index in [4.69, 9.17) is 4.74 Å². The first-order valence-electron chi connectivity index (χ1n) is 9.91. The largest absolute Gasteiger partial charge is 0.481 e. The van der Waals surface area contributed by atoms with Crippen LogP contribution in [0, 0.1) is 5.92 Å². The van der Waals surface area contributed by atoms with E-state index in [0.717, 1.165) is 37.1 Å². The van der Waals surface area contributed by atoms with Gasteiger partial charge in [-0.2, -0.15) is 0 Å². The van der Waals surface area contributed by atoms with Crippen molar-refractivity contribution in [2.24, 2.45) is 10.9 Å². The number of hydrogen-bond donors (Lipinski definition) is 2. The van der Waals surface area contributed by atoms with Crippen molar-refractivity contribution in [2.75, 3.05) is 33.8 Å². The maximum absolute atomic E-state index is 5.33. The summed E-state index contributed by atoms with van der Waals surface area (Å²) >= 11 is 1.83. The molecule has 1 aliphatic rings. The minimum Gasteiger partial charge on any atom is -0.481 e. The third kappa shape index (κ3) is 5.45. The first-order valence-corrected chi connectivity index (χ1v) is 10.8. The molecule has 6 nitrogen and oxygen atoms in total. The van der Waals surface area contributed by atoms with Crippen LogP contribution >= 0.6 is 11.3 Å². The smallest absolute Gasteiger partial charge is 0.218 e. The van der Waals surface area contributed by atoms with E-state index in [1.54, 1.807) is 20.4 Å². The van der Waals surface area contributed by atoms with Gasteiger partial charge < -0.3 is 15.4 Å². The Hall–Kier alpha value is -2.12. The van der Waals surface area contributed by atoms with Crippen LogP contribution in [0.3, 0.4) is 0 Å². The first-order chi connectivity index (χ1) is 13.7. The van der Waals surface area contributed by atoms with Gasteiger partial charge in [-0.1, -0.05) is 19.1 Å². The van der Waals surface area contributed by atoms with Crippen LogP contribution in [0.25, 0.3) is 0 Å². The summed E-state index contributed by atoms with van der Waals surface area (Å²) in [4.78, 5) is 12.7. The Morgan fingerprint density at radius 2 is 2.14 bits per heavy atom. The van der Waals surface area contributed by atoms with Gasteiger partial charge in [-0.05, 0) is 49.4 Å². The molecule has 0 bridgehead atoms. The Labute approximate surface area is 172 Å². The number of pyridine rings is 1. The van der Waals surface area contributed by atoms with E-state index in [1.807, 2.05) is 23.5 Å². The minimum absolute atomic E-state index is 0.374. The number of nitrogens with one attached hydrogen (secondary N) is 2. The summed E-state index contributed by atoms with van der Waals surface area (Å²) in [6.45, 7) is 6.11. The number of aromatic nitrogens is 1. The molecule has 3 rings (SSSR count). The second-order valence-electron chi connectivity index (χ2n) is 7.23. The number of nitrogens with zero attached hydrogens (tertiary/aromatic N) is 3. The predicted octanol–water partition coefficient (Wildman–Crippen LogP) is 3.29. The summed E-state index contributed by atoms with van der Waals surface area (Å²) in [5.74, 6) is 2.26. The lowest BCUT2D eigenvalue weighted by Gasteiger charge is -2.36. The van der Waals surface area contributed by atoms with Crippen molar-refractivity contribution in [3.05, 3.63) is 46.3 Å². The van der Waals surface area contributed by atoms with Gasteiger partial charge in [0.15, 0.2) is 5.96 Å². The van der Waals surface area contributed by atoms with Crippen LogP contribution in [0.15, 0.2) is 40.8 Å². The van der Waals surface area contributed by atoms with Crippen molar-refractivity contribution >= 4 is 17.3 Å². The Balaban J connectivity index is 1.59. The second kappa shape index (κ2) is 10.4. The standard InChI is InChI=1S/C21H31N5OS/c1-16-8-11-26(12-9-16)18(19-7-5-13-28-19)15-25-21(22-2)24-14-17-6-4-10-23-20(17)27-3/h4-7,10,13,16,18H,8-9,11-12,14-15H2,1-3H3,(H2,22,24,25). The summed E-state index contributed by atoms with van der Waals surface area (Å²) in [6, 6.07) is 8.68. The molecule has 2 aromatic heterocycles. The minimum atomic E-state index is 0.374. The summed E-state index contributed by atoms with van der Waals surface area (Å²) < 4.78 is 5.33. The van der Waals surface area contributed by atoms with Crippen LogP contribution < -0.4 is 15.4 Å². The SMILES string of the molecule is CN=C(NCc1cccnc1OC)NCC(c1cccs1)N1CCC(C)CC1. The Kier molecular flexibility index (Phi) is 7.68. The molecule has 2 N–H and O–H groups in total. The van der Waals surface area contributed by atoms with E-state index in [0.29, 0.717) is 18.5 Å². The van der Waals surface area contributed by atoms with Gasteiger partial charge in [0.05, 0.1) is 13.2 Å². The van der Waals surface area contributed by atoms with Crippen molar-refractivity contribution < 1.29 is 4.74 Å². The van der Waals surface area contributed by atoms with Crippen LogP contribution in [0.1, 0.15) is 36.2 Å². The highest BCUT2D eigenvalue weighted by atomic mass is 32.1. The fourth-order valence-electron chi connectivity index (χ4n) is 3.57. The molecule has 1 unspecified atom stereocenters. The Morgan fingerprint density at radius 1 is 1.32 bits per heavy atom. The van der Waals surface area contributed by atoms with Crippen LogP contribution in [-0.2, 0) is 6.54 Å². The molecule has 0 radical (unpaired) electrons. The maximum Gasteiger partial charge on any atom is 0.218 e. The van der Waals surface area contributed by atoms with E-state index >= 15 is 0 Å². The van der Waals surface area contributed by atoms with Gasteiger partial charge in [0.1, 0.15) is 0 Å². The number of hydrogen-bond acceptors (Lipinski definition) is 5. The van der Waals surface area contributed by atoms with Crippen LogP contribution in [0.2, 0.25) is 0 Å². The number of piperidine rings is 1. The lowest BCUT2D eigenvalue weighted by Crippen LogP contribution is -2.44. The number of guanidine groups is 1. The molecule has 2 aromatic rings. The van der Waals surface area contributed by atoms with E-state index in [-0.39, 0.29) is 0 Å². The highest BCUT2D eigenvalue weighted by molar-refractivity contribution is 7.10. The number of methoxy groups -OCH3 is 1. The molecule has 3 heterocycles. The summed E-state index contributed by atoms with van der Waals surface area (Å²) in [7, 11) is 3.45. The Bertz CT molecular complexity index is 741. The van der Waals surface area contributed by atoms with Crippen molar-refractivity contribution in [3.8, 4) is 5.88 Å². The molecule has 152 valence electrons. The molecule has 0 spiro atoms. The highest BCUT2D eigenvalue weighted by Crippen LogP contribution is 2.29. The van der Waals surface area contributed by atoms with Gasteiger partial charge in [-0.25, -0.2) is 4.98 Å². The van der Waals surface area contributed by atoms with Gasteiger partial charge in [-0.15, -0.1) is 11.3 Å². The molecule has 0 saturated carbocycles. The predicted molar refractivity (Wildman–Crippen MR) is 116 cm³/mol. The summed E-state index contributed by atoms with van der Waals surface area (Å²) in [6.07, 6.45) is 4.28. The number of thiophene rings is 1. The summed E-state index contributed by atoms with van der Waals surface area (Å²) in [5.41, 5.74) is 1.01. The number of ether oxygens (including phenoxy) is 1. The molecule has 0 aromatic carbocycles. The van der Waals surface area contributed by atoms with Gasteiger partial charge in [-0.3, -0.25) is 9.89 Å². The lowest BCUT2D eigenvalue weighted by atomic mass is 9.97. The van der Waals surface area contributed by atoms with Crippen LogP contribution in [0.4, 0.5) is 0 Å². The van der Waals surface area contributed by atoms with Crippen molar-refractivity contribution in [2.45, 2.75) is 32.4 Å². The molecule has 0 aliphatic carbocycles. The summed E-state index contributed by atoms with van der Waals surface area (Å²) in [5, 5.41) is 9.05. The van der Waals surface area contributed by atoms with Gasteiger partial charge in [0, 0.05) is 36.8 Å². The van der Waals surface area contributed by atoms with E-state index in [1.165, 1.54) is 17.7 Å². The monoisotopic (exact) mass is 401 g/mol. The molecule has 1 aliphatic heterocycles. The lowest BCUT2D eigenvalue weighted by molar-refractivity contribution is 0.140. The van der Waals surface area contributed by atoms with Gasteiger partial charge in [0.25, 0.3) is 0 Å². The first kappa shape index (κ1) is 20.6. The zero-order valence-corrected chi connectivity index (χ0v) is 17.8.